The fourth-order valence-corrected chi connectivity index (χ4v) is 1.33. The summed E-state index contributed by atoms with van der Waals surface area (Å²) in [6.45, 7) is 8.48. The monoisotopic (exact) mass is 344 g/mol. The van der Waals surface area contributed by atoms with Crippen LogP contribution in [0.3, 0.4) is 0 Å². The van der Waals surface area contributed by atoms with Crippen molar-refractivity contribution >= 4 is 17.7 Å². The maximum Gasteiger partial charge on any atom is 0.466 e. The lowest BCUT2D eigenvalue weighted by Crippen LogP contribution is -1.74. The van der Waals surface area contributed by atoms with Crippen molar-refractivity contribution < 1.29 is 19.2 Å². The van der Waals surface area contributed by atoms with E-state index in [1.165, 1.54) is 22.3 Å². The molecule has 22 heavy (non-hydrogen) atoms. The van der Waals surface area contributed by atoms with Crippen molar-refractivity contribution in [2.45, 2.75) is 27.7 Å². The average molecular weight is 344 g/mol. The third kappa shape index (κ3) is 13.9. The highest BCUT2D eigenvalue weighted by atomic mass is 31.2. The van der Waals surface area contributed by atoms with E-state index < -0.39 is 7.82 Å². The summed E-state index contributed by atoms with van der Waals surface area (Å²) in [6, 6.07) is 16.7. The first-order valence-corrected chi connectivity index (χ1v) is 8.00. The second kappa shape index (κ2) is 11.5. The summed E-state index contributed by atoms with van der Waals surface area (Å²) in [5, 5.41) is 0. The van der Waals surface area contributed by atoms with Gasteiger partial charge in [0.15, 0.2) is 0 Å². The van der Waals surface area contributed by atoms with Crippen LogP contribution in [-0.4, -0.2) is 14.7 Å². The Morgan fingerprint density at radius 3 is 0.864 bits per heavy atom. The van der Waals surface area contributed by atoms with Crippen LogP contribution >= 0.6 is 17.7 Å². The minimum absolute atomic E-state index is 0. The van der Waals surface area contributed by atoms with E-state index in [1.54, 1.807) is 0 Å². The maximum atomic E-state index is 8.88. The average Bonchev–Trinajstić information content (AvgIpc) is 2.35. The van der Waals surface area contributed by atoms with Gasteiger partial charge in [0.05, 0.1) is 0 Å². The van der Waals surface area contributed by atoms with Gasteiger partial charge in [0, 0.05) is 0 Å². The first kappa shape index (κ1) is 23.2. The molecule has 124 valence electrons. The van der Waals surface area contributed by atoms with Crippen LogP contribution in [0, 0.1) is 27.7 Å². The molecule has 2 aromatic rings. The Labute approximate surface area is 136 Å². The summed E-state index contributed by atoms with van der Waals surface area (Å²) in [7, 11) is -4.64. The van der Waals surface area contributed by atoms with Gasteiger partial charge >= 0.3 is 7.82 Å². The molecule has 0 aliphatic rings. The van der Waals surface area contributed by atoms with Crippen molar-refractivity contribution in [1.82, 2.24) is 0 Å². The van der Waals surface area contributed by atoms with Gasteiger partial charge in [-0.05, 0) is 49.9 Å². The molecular weight excluding hydrogens is 318 g/mol. The molecule has 0 radical (unpaired) electrons. The molecule has 0 fully saturated rings. The normalized spacial score (nSPS) is 9.41. The Kier molecular flexibility index (Phi) is 12.2. The van der Waals surface area contributed by atoms with Gasteiger partial charge in [-0.1, -0.05) is 48.5 Å². The molecule has 3 N–H and O–H groups in total. The Hall–Kier alpha value is -1.02. The fourth-order valence-electron chi connectivity index (χ4n) is 1.33. The van der Waals surface area contributed by atoms with Gasteiger partial charge in [-0.25, -0.2) is 4.57 Å². The van der Waals surface area contributed by atoms with Crippen molar-refractivity contribution in [1.29, 1.82) is 0 Å². The van der Waals surface area contributed by atoms with Crippen LogP contribution in [0.4, 0.5) is 0 Å². The topological polar surface area (TPSA) is 77.8 Å². The van der Waals surface area contributed by atoms with Crippen LogP contribution in [0.5, 0.6) is 0 Å². The maximum absolute atomic E-state index is 8.88. The zero-order valence-corrected chi connectivity index (χ0v) is 15.8. The number of phosphoric acid groups is 1. The van der Waals surface area contributed by atoms with E-state index in [0.29, 0.717) is 0 Å². The van der Waals surface area contributed by atoms with Gasteiger partial charge in [-0.15, -0.1) is 0 Å². The first-order valence-electron chi connectivity index (χ1n) is 6.44. The fraction of sp³-hybridized carbons (Fsp3) is 0.250. The molecule has 0 saturated carbocycles. The minimum atomic E-state index is -4.64. The zero-order chi connectivity index (χ0) is 16.5. The molecule has 2 rings (SSSR count). The van der Waals surface area contributed by atoms with Crippen LogP contribution in [0.2, 0.25) is 0 Å². The lowest BCUT2D eigenvalue weighted by atomic mass is 10.1. The molecular formula is C16H26O4P2. The molecule has 2 aromatic carbocycles. The van der Waals surface area contributed by atoms with Crippen LogP contribution in [0.15, 0.2) is 48.5 Å². The molecule has 6 heteroatoms. The van der Waals surface area contributed by atoms with Crippen LogP contribution < -0.4 is 0 Å². The van der Waals surface area contributed by atoms with E-state index in [4.69, 9.17) is 19.2 Å². The van der Waals surface area contributed by atoms with Crippen molar-refractivity contribution in [2.24, 2.45) is 0 Å². The lowest BCUT2D eigenvalue weighted by Gasteiger charge is -1.93. The highest BCUT2D eigenvalue weighted by molar-refractivity contribution is 7.45. The van der Waals surface area contributed by atoms with Crippen LogP contribution in [0.25, 0.3) is 0 Å². The highest BCUT2D eigenvalue weighted by Gasteiger charge is 2.00. The molecule has 4 nitrogen and oxygen atoms in total. The molecule has 1 atom stereocenters. The molecule has 0 aliphatic heterocycles. The quantitative estimate of drug-likeness (QED) is 0.636. The van der Waals surface area contributed by atoms with E-state index in [0.717, 1.165) is 0 Å². The molecule has 0 aromatic heterocycles. The number of hydrogen-bond donors (Lipinski definition) is 3. The van der Waals surface area contributed by atoms with Crippen molar-refractivity contribution in [3.8, 4) is 0 Å². The van der Waals surface area contributed by atoms with E-state index in [9.17, 15) is 0 Å². The van der Waals surface area contributed by atoms with Gasteiger partial charge in [-0.2, -0.15) is 9.90 Å². The van der Waals surface area contributed by atoms with Gasteiger partial charge in [0.1, 0.15) is 0 Å². The number of hydrogen-bond acceptors (Lipinski definition) is 1. The number of aryl methyl sites for hydroxylation is 4. The zero-order valence-electron chi connectivity index (χ0n) is 13.5. The summed E-state index contributed by atoms with van der Waals surface area (Å²) in [6.07, 6.45) is 0. The number of rotatable bonds is 0. The summed E-state index contributed by atoms with van der Waals surface area (Å²) in [5.41, 5.74) is 5.47. The molecule has 1 unspecified atom stereocenters. The highest BCUT2D eigenvalue weighted by Crippen LogP contribution is 2.25. The predicted molar refractivity (Wildman–Crippen MR) is 97.2 cm³/mol. The molecule has 0 aliphatic carbocycles. The van der Waals surface area contributed by atoms with Crippen LogP contribution in [-0.2, 0) is 4.57 Å². The summed E-state index contributed by atoms with van der Waals surface area (Å²) >= 11 is 0. The number of benzene rings is 2. The largest absolute Gasteiger partial charge is 0.466 e. The lowest BCUT2D eigenvalue weighted by molar-refractivity contribution is 0.275. The summed E-state index contributed by atoms with van der Waals surface area (Å²) in [4.78, 5) is 21.6. The van der Waals surface area contributed by atoms with Gasteiger partial charge in [0.25, 0.3) is 0 Å². The third-order valence-electron chi connectivity index (χ3n) is 2.85. The second-order valence-electron chi connectivity index (χ2n) is 4.68. The first-order chi connectivity index (χ1) is 9.61. The molecule has 0 spiro atoms. The molecule has 0 saturated heterocycles. The second-order valence-corrected chi connectivity index (χ2v) is 5.71. The third-order valence-corrected chi connectivity index (χ3v) is 2.85. The van der Waals surface area contributed by atoms with E-state index in [1.807, 2.05) is 0 Å². The van der Waals surface area contributed by atoms with Crippen molar-refractivity contribution in [3.63, 3.8) is 0 Å². The Balaban J connectivity index is 0. The van der Waals surface area contributed by atoms with Crippen molar-refractivity contribution in [3.05, 3.63) is 70.8 Å². The van der Waals surface area contributed by atoms with E-state index in [-0.39, 0.29) is 9.90 Å². The Morgan fingerprint density at radius 1 is 0.636 bits per heavy atom. The molecule has 0 heterocycles. The van der Waals surface area contributed by atoms with Gasteiger partial charge in [-0.3, -0.25) is 0 Å². The minimum Gasteiger partial charge on any atom is -0.303 e. The van der Waals surface area contributed by atoms with E-state index >= 15 is 0 Å². The van der Waals surface area contributed by atoms with Gasteiger partial charge < -0.3 is 14.7 Å². The Bertz CT molecular complexity index is 500. The predicted octanol–water partition coefficient (Wildman–Crippen LogP) is 3.74. The molecule has 0 amide bonds. The van der Waals surface area contributed by atoms with Gasteiger partial charge in [0.2, 0.25) is 0 Å². The molecule has 0 bridgehead atoms. The summed E-state index contributed by atoms with van der Waals surface area (Å²) in [5.74, 6) is 0. The SMILES string of the molecule is Cc1ccccc1C.Cc1ccccc1C.O=P(O)(O)O.P. The van der Waals surface area contributed by atoms with E-state index in [2.05, 4.69) is 76.2 Å². The summed E-state index contributed by atoms with van der Waals surface area (Å²) < 4.78 is 8.88. The Morgan fingerprint density at radius 2 is 0.773 bits per heavy atom. The smallest absolute Gasteiger partial charge is 0.303 e. The van der Waals surface area contributed by atoms with Crippen molar-refractivity contribution in [2.75, 3.05) is 0 Å². The standard InChI is InChI=1S/2C8H10.H3O4P.H3P/c2*1-7-5-3-4-6-8(7)2;1-5(2,3)4;/h2*3-6H,1-2H3;(H3,1,2,3,4);1H3. The van der Waals surface area contributed by atoms with Crippen LogP contribution in [0.1, 0.15) is 22.3 Å².